The van der Waals surface area contributed by atoms with E-state index in [-0.39, 0.29) is 35.7 Å². The largest absolute Gasteiger partial charge is 0.352 e. The normalized spacial score (nSPS) is 13.1. The number of thioether (sulfide) groups is 1. The summed E-state index contributed by atoms with van der Waals surface area (Å²) in [6.45, 7) is 2.18. The van der Waals surface area contributed by atoms with E-state index in [1.54, 1.807) is 23.7 Å². The van der Waals surface area contributed by atoms with Gasteiger partial charge in [-0.3, -0.25) is 19.0 Å². The van der Waals surface area contributed by atoms with Gasteiger partial charge in [0.1, 0.15) is 0 Å². The number of hydrogen-bond donors (Lipinski definition) is 1. The van der Waals surface area contributed by atoms with Crippen LogP contribution in [0.4, 0.5) is 0 Å². The number of aromatic nitrogens is 2. The number of amides is 2. The molecule has 3 aromatic rings. The maximum Gasteiger partial charge on any atom is 0.266 e. The van der Waals surface area contributed by atoms with Gasteiger partial charge in [-0.25, -0.2) is 4.98 Å². The lowest BCUT2D eigenvalue weighted by Crippen LogP contribution is -2.39. The smallest absolute Gasteiger partial charge is 0.266 e. The van der Waals surface area contributed by atoms with Crippen molar-refractivity contribution in [2.75, 3.05) is 19.3 Å². The van der Waals surface area contributed by atoms with Gasteiger partial charge in [0.05, 0.1) is 28.9 Å². The van der Waals surface area contributed by atoms with Gasteiger partial charge in [0.2, 0.25) is 11.8 Å². The summed E-state index contributed by atoms with van der Waals surface area (Å²) < 4.78 is 1.57. The molecule has 0 spiro atoms. The van der Waals surface area contributed by atoms with Gasteiger partial charge in [-0.05, 0) is 55.5 Å². The number of rotatable bonds is 10. The number of aryl methyl sites for hydroxylation is 1. The topological polar surface area (TPSA) is 84.3 Å². The minimum atomic E-state index is -0.195. The number of nitrogens with one attached hydrogen (secondary N) is 1. The summed E-state index contributed by atoms with van der Waals surface area (Å²) in [5, 5.41) is 3.87. The zero-order valence-corrected chi connectivity index (χ0v) is 20.4. The van der Waals surface area contributed by atoms with Crippen LogP contribution in [-0.2, 0) is 16.0 Å². The molecule has 1 fully saturated rings. The molecule has 2 amide bonds. The molecule has 34 heavy (non-hydrogen) atoms. The van der Waals surface area contributed by atoms with Crippen LogP contribution >= 0.6 is 11.8 Å². The van der Waals surface area contributed by atoms with Gasteiger partial charge in [-0.15, -0.1) is 0 Å². The molecule has 1 saturated carbocycles. The molecule has 1 N–H and O–H groups in total. The number of carbonyl (C=O) groups is 2. The number of fused-ring (bicyclic) bond motifs is 1. The fraction of sp³-hybridized carbons (Fsp3) is 0.385. The molecule has 0 bridgehead atoms. The minimum absolute atomic E-state index is 0.0209. The highest BCUT2D eigenvalue weighted by Gasteiger charge is 2.24. The molecule has 1 heterocycles. The van der Waals surface area contributed by atoms with Crippen LogP contribution in [0, 0.1) is 0 Å². The Kier molecular flexibility index (Phi) is 7.67. The van der Waals surface area contributed by atoms with E-state index in [0.717, 1.165) is 37.8 Å². The number of hydrogen-bond acceptors (Lipinski definition) is 5. The fourth-order valence-corrected chi connectivity index (χ4v) is 4.62. The predicted molar refractivity (Wildman–Crippen MR) is 135 cm³/mol. The number of para-hydroxylation sites is 1. The van der Waals surface area contributed by atoms with Crippen LogP contribution < -0.4 is 10.9 Å². The standard InChI is InChI=1S/C26H30N4O3S/c1-3-4-7-18-10-14-20(15-11-18)30-25(33)21-8-5-6-9-22(21)28-26(30)34-17-24(32)29(2)16-23(31)27-19-12-13-19/h5-6,8-11,14-15,19H,3-4,7,12-13,16-17H2,1-2H3,(H,27,31). The van der Waals surface area contributed by atoms with Crippen molar-refractivity contribution < 1.29 is 9.59 Å². The second-order valence-corrected chi connectivity index (χ2v) is 9.64. The average molecular weight is 479 g/mol. The van der Waals surface area contributed by atoms with Gasteiger partial charge < -0.3 is 10.2 Å². The molecule has 0 aliphatic heterocycles. The van der Waals surface area contributed by atoms with Crippen LogP contribution in [0.1, 0.15) is 38.2 Å². The van der Waals surface area contributed by atoms with Crippen molar-refractivity contribution in [1.29, 1.82) is 0 Å². The second kappa shape index (κ2) is 10.9. The lowest BCUT2D eigenvalue weighted by Gasteiger charge is -2.17. The second-order valence-electron chi connectivity index (χ2n) is 8.70. The number of carbonyl (C=O) groups excluding carboxylic acids is 2. The molecule has 0 radical (unpaired) electrons. The summed E-state index contributed by atoms with van der Waals surface area (Å²) in [5.74, 6) is -0.265. The van der Waals surface area contributed by atoms with Gasteiger partial charge in [-0.2, -0.15) is 0 Å². The van der Waals surface area contributed by atoms with E-state index in [4.69, 9.17) is 4.98 Å². The summed E-state index contributed by atoms with van der Waals surface area (Å²) in [6.07, 6.45) is 5.25. The van der Waals surface area contributed by atoms with Crippen LogP contribution in [0.5, 0.6) is 0 Å². The molecule has 1 aliphatic carbocycles. The van der Waals surface area contributed by atoms with Crippen molar-refractivity contribution >= 4 is 34.5 Å². The Morgan fingerprint density at radius 1 is 1.15 bits per heavy atom. The highest BCUT2D eigenvalue weighted by molar-refractivity contribution is 7.99. The maximum absolute atomic E-state index is 13.4. The van der Waals surface area contributed by atoms with E-state index in [1.807, 2.05) is 36.4 Å². The van der Waals surface area contributed by atoms with E-state index in [2.05, 4.69) is 12.2 Å². The third kappa shape index (κ3) is 5.86. The van der Waals surface area contributed by atoms with Crippen molar-refractivity contribution in [1.82, 2.24) is 19.8 Å². The summed E-state index contributed by atoms with van der Waals surface area (Å²) in [4.78, 5) is 44.3. The molecule has 0 saturated heterocycles. The third-order valence-electron chi connectivity index (χ3n) is 5.83. The molecule has 4 rings (SSSR count). The molecule has 7 nitrogen and oxygen atoms in total. The van der Waals surface area contributed by atoms with Gasteiger partial charge >= 0.3 is 0 Å². The highest BCUT2D eigenvalue weighted by atomic mass is 32.2. The van der Waals surface area contributed by atoms with E-state index in [9.17, 15) is 14.4 Å². The van der Waals surface area contributed by atoms with Gasteiger partial charge in [0.15, 0.2) is 5.16 Å². The van der Waals surface area contributed by atoms with Crippen molar-refractivity contribution in [3.63, 3.8) is 0 Å². The zero-order valence-electron chi connectivity index (χ0n) is 19.6. The van der Waals surface area contributed by atoms with Crippen molar-refractivity contribution in [3.8, 4) is 5.69 Å². The van der Waals surface area contributed by atoms with E-state index >= 15 is 0 Å². The number of benzene rings is 2. The number of likely N-dealkylation sites (N-methyl/N-ethyl adjacent to an activating group) is 1. The minimum Gasteiger partial charge on any atom is -0.352 e. The first-order chi connectivity index (χ1) is 16.5. The average Bonchev–Trinajstić information content (AvgIpc) is 3.65. The Hall–Kier alpha value is -3.13. The Bertz CT molecular complexity index is 1240. The molecule has 0 unspecified atom stereocenters. The van der Waals surface area contributed by atoms with Crippen LogP contribution in [-0.4, -0.2) is 51.7 Å². The molecular weight excluding hydrogens is 448 g/mol. The summed E-state index contributed by atoms with van der Waals surface area (Å²) >= 11 is 1.21. The van der Waals surface area contributed by atoms with E-state index in [0.29, 0.717) is 16.1 Å². The van der Waals surface area contributed by atoms with Gasteiger partial charge in [0, 0.05) is 13.1 Å². The van der Waals surface area contributed by atoms with Crippen LogP contribution in [0.15, 0.2) is 58.5 Å². The lowest BCUT2D eigenvalue weighted by molar-refractivity contribution is -0.132. The maximum atomic E-state index is 13.4. The van der Waals surface area contributed by atoms with Crippen molar-refractivity contribution in [3.05, 3.63) is 64.4 Å². The zero-order chi connectivity index (χ0) is 24.1. The van der Waals surface area contributed by atoms with Gasteiger partial charge in [0.25, 0.3) is 5.56 Å². The summed E-state index contributed by atoms with van der Waals surface area (Å²) in [5.41, 5.74) is 2.37. The first kappa shape index (κ1) is 24.0. The molecule has 0 atom stereocenters. The molecule has 2 aromatic carbocycles. The predicted octanol–water partition coefficient (Wildman–Crippen LogP) is 3.56. The fourth-order valence-electron chi connectivity index (χ4n) is 3.67. The molecule has 1 aromatic heterocycles. The number of unbranched alkanes of at least 4 members (excludes halogenated alkanes) is 1. The molecular formula is C26H30N4O3S. The Morgan fingerprint density at radius 3 is 2.59 bits per heavy atom. The Balaban J connectivity index is 1.56. The van der Waals surface area contributed by atoms with Crippen molar-refractivity contribution in [2.24, 2.45) is 0 Å². The van der Waals surface area contributed by atoms with Crippen LogP contribution in [0.25, 0.3) is 16.6 Å². The summed E-state index contributed by atoms with van der Waals surface area (Å²) in [6, 6.07) is 15.4. The number of nitrogens with zero attached hydrogens (tertiary/aromatic N) is 3. The monoisotopic (exact) mass is 478 g/mol. The van der Waals surface area contributed by atoms with Crippen molar-refractivity contribution in [2.45, 2.75) is 50.2 Å². The first-order valence-electron chi connectivity index (χ1n) is 11.7. The summed E-state index contributed by atoms with van der Waals surface area (Å²) in [7, 11) is 1.62. The molecule has 178 valence electrons. The lowest BCUT2D eigenvalue weighted by atomic mass is 10.1. The quantitative estimate of drug-likeness (QED) is 0.356. The Morgan fingerprint density at radius 2 is 1.88 bits per heavy atom. The third-order valence-corrected chi connectivity index (χ3v) is 6.76. The van der Waals surface area contributed by atoms with E-state index < -0.39 is 0 Å². The van der Waals surface area contributed by atoms with E-state index in [1.165, 1.54) is 22.2 Å². The van der Waals surface area contributed by atoms with Gasteiger partial charge in [-0.1, -0.05) is 49.4 Å². The SMILES string of the molecule is CCCCc1ccc(-n2c(SCC(=O)N(C)CC(=O)NC3CC3)nc3ccccc3c2=O)cc1. The Labute approximate surface area is 203 Å². The van der Waals surface area contributed by atoms with Crippen LogP contribution in [0.3, 0.4) is 0 Å². The van der Waals surface area contributed by atoms with Crippen LogP contribution in [0.2, 0.25) is 0 Å². The molecule has 8 heteroatoms. The first-order valence-corrected chi connectivity index (χ1v) is 12.7. The molecule has 1 aliphatic rings. The highest BCUT2D eigenvalue weighted by Crippen LogP contribution is 2.22.